The van der Waals surface area contributed by atoms with E-state index in [1.165, 1.54) is 0 Å². The van der Waals surface area contributed by atoms with Gasteiger partial charge in [0.15, 0.2) is 5.82 Å². The number of aromatic nitrogens is 4. The summed E-state index contributed by atoms with van der Waals surface area (Å²) < 4.78 is 0. The molecule has 0 spiro atoms. The molecule has 0 aliphatic carbocycles. The minimum Gasteiger partial charge on any atom is -0.391 e. The molecule has 0 saturated heterocycles. The van der Waals surface area contributed by atoms with E-state index in [0.29, 0.717) is 35.9 Å². The second-order valence-corrected chi connectivity index (χ2v) is 5.56. The van der Waals surface area contributed by atoms with Crippen molar-refractivity contribution in [2.24, 2.45) is 0 Å². The maximum absolute atomic E-state index is 9.63. The molecule has 0 amide bonds. The van der Waals surface area contributed by atoms with Gasteiger partial charge in [0, 0.05) is 27.2 Å². The normalized spacial score (nSPS) is 12.2. The lowest BCUT2D eigenvalue weighted by Gasteiger charge is -2.16. The first-order chi connectivity index (χ1) is 11.0. The minimum absolute atomic E-state index is 0.413. The van der Waals surface area contributed by atoms with Crippen molar-refractivity contribution < 1.29 is 5.11 Å². The van der Waals surface area contributed by atoms with Gasteiger partial charge in [0.05, 0.1) is 12.3 Å². The molecule has 0 aromatic carbocycles. The molecule has 2 aromatic heterocycles. The Kier molecular flexibility index (Phi) is 5.86. The van der Waals surface area contributed by atoms with Gasteiger partial charge in [0.2, 0.25) is 11.9 Å². The van der Waals surface area contributed by atoms with E-state index in [0.717, 1.165) is 18.8 Å². The van der Waals surface area contributed by atoms with Crippen molar-refractivity contribution in [3.05, 3.63) is 6.20 Å². The first kappa shape index (κ1) is 17.1. The van der Waals surface area contributed by atoms with Gasteiger partial charge in [-0.15, -0.1) is 0 Å². The Balaban J connectivity index is 2.34. The SMILES string of the molecule is CCCNc1nc(N(C)C)c2nc(NCC(O)CC)ncc2n1. The van der Waals surface area contributed by atoms with Crippen LogP contribution in [0.5, 0.6) is 0 Å². The van der Waals surface area contributed by atoms with Crippen molar-refractivity contribution in [3.8, 4) is 0 Å². The molecule has 2 rings (SSSR count). The average molecular weight is 319 g/mol. The predicted octanol–water partition coefficient (Wildman–Crippen LogP) is 1.49. The largest absolute Gasteiger partial charge is 0.391 e. The number of anilines is 3. The van der Waals surface area contributed by atoms with Gasteiger partial charge in [-0.3, -0.25) is 0 Å². The van der Waals surface area contributed by atoms with Crippen LogP contribution in [0.15, 0.2) is 6.20 Å². The van der Waals surface area contributed by atoms with Gasteiger partial charge in [-0.25, -0.2) is 15.0 Å². The minimum atomic E-state index is -0.417. The van der Waals surface area contributed by atoms with E-state index in [1.807, 2.05) is 25.9 Å². The summed E-state index contributed by atoms with van der Waals surface area (Å²) in [6.45, 7) is 5.24. The van der Waals surface area contributed by atoms with Gasteiger partial charge in [-0.2, -0.15) is 4.98 Å². The average Bonchev–Trinajstić information content (AvgIpc) is 2.56. The van der Waals surface area contributed by atoms with Crippen molar-refractivity contribution in [1.29, 1.82) is 0 Å². The zero-order chi connectivity index (χ0) is 16.8. The maximum Gasteiger partial charge on any atom is 0.225 e. The highest BCUT2D eigenvalue weighted by Crippen LogP contribution is 2.22. The van der Waals surface area contributed by atoms with Crippen LogP contribution in [0.2, 0.25) is 0 Å². The fourth-order valence-corrected chi connectivity index (χ4v) is 1.98. The number of nitrogens with one attached hydrogen (secondary N) is 2. The number of hydrogen-bond acceptors (Lipinski definition) is 8. The molecule has 2 heterocycles. The Labute approximate surface area is 136 Å². The van der Waals surface area contributed by atoms with Crippen molar-refractivity contribution in [1.82, 2.24) is 19.9 Å². The van der Waals surface area contributed by atoms with Gasteiger partial charge in [-0.05, 0) is 12.8 Å². The first-order valence-corrected chi connectivity index (χ1v) is 7.93. The number of fused-ring (bicyclic) bond motifs is 1. The Morgan fingerprint density at radius 1 is 1.13 bits per heavy atom. The molecule has 126 valence electrons. The lowest BCUT2D eigenvalue weighted by Crippen LogP contribution is -2.20. The van der Waals surface area contributed by atoms with Gasteiger partial charge >= 0.3 is 0 Å². The zero-order valence-electron chi connectivity index (χ0n) is 14.2. The summed E-state index contributed by atoms with van der Waals surface area (Å²) in [5, 5.41) is 15.9. The van der Waals surface area contributed by atoms with Crippen LogP contribution in [0.1, 0.15) is 26.7 Å². The molecule has 8 heteroatoms. The van der Waals surface area contributed by atoms with Crippen molar-refractivity contribution >= 4 is 28.7 Å². The second-order valence-electron chi connectivity index (χ2n) is 5.56. The summed E-state index contributed by atoms with van der Waals surface area (Å²) in [6, 6.07) is 0. The monoisotopic (exact) mass is 319 g/mol. The van der Waals surface area contributed by atoms with E-state index >= 15 is 0 Å². The van der Waals surface area contributed by atoms with Crippen molar-refractivity contribution in [2.45, 2.75) is 32.8 Å². The molecule has 8 nitrogen and oxygen atoms in total. The lowest BCUT2D eigenvalue weighted by atomic mass is 10.3. The molecule has 0 radical (unpaired) electrons. The highest BCUT2D eigenvalue weighted by molar-refractivity contribution is 5.86. The van der Waals surface area contributed by atoms with Crippen LogP contribution >= 0.6 is 0 Å². The van der Waals surface area contributed by atoms with Crippen LogP contribution < -0.4 is 15.5 Å². The van der Waals surface area contributed by atoms with E-state index in [9.17, 15) is 5.11 Å². The van der Waals surface area contributed by atoms with Crippen LogP contribution in [0.25, 0.3) is 11.0 Å². The summed E-state index contributed by atoms with van der Waals surface area (Å²) in [5.74, 6) is 1.77. The fourth-order valence-electron chi connectivity index (χ4n) is 1.98. The highest BCUT2D eigenvalue weighted by Gasteiger charge is 2.13. The molecular weight excluding hydrogens is 294 g/mol. The number of aliphatic hydroxyl groups excluding tert-OH is 1. The molecule has 2 aromatic rings. The smallest absolute Gasteiger partial charge is 0.225 e. The summed E-state index contributed by atoms with van der Waals surface area (Å²) in [7, 11) is 3.84. The molecule has 1 atom stereocenters. The van der Waals surface area contributed by atoms with Gasteiger partial charge in [0.1, 0.15) is 11.0 Å². The van der Waals surface area contributed by atoms with E-state index < -0.39 is 6.10 Å². The highest BCUT2D eigenvalue weighted by atomic mass is 16.3. The fraction of sp³-hybridized carbons (Fsp3) is 0.600. The van der Waals surface area contributed by atoms with Crippen LogP contribution in [0.4, 0.5) is 17.7 Å². The van der Waals surface area contributed by atoms with E-state index in [-0.39, 0.29) is 0 Å². The maximum atomic E-state index is 9.63. The summed E-state index contributed by atoms with van der Waals surface area (Å²) in [6.07, 6.45) is 2.94. The Morgan fingerprint density at radius 3 is 2.57 bits per heavy atom. The summed E-state index contributed by atoms with van der Waals surface area (Å²) >= 11 is 0. The Bertz CT molecular complexity index is 647. The number of nitrogens with zero attached hydrogens (tertiary/aromatic N) is 5. The molecule has 0 fully saturated rings. The molecule has 0 saturated carbocycles. The molecule has 0 bridgehead atoms. The molecule has 23 heavy (non-hydrogen) atoms. The molecule has 1 unspecified atom stereocenters. The summed E-state index contributed by atoms with van der Waals surface area (Å²) in [4.78, 5) is 19.6. The lowest BCUT2D eigenvalue weighted by molar-refractivity contribution is 0.183. The second kappa shape index (κ2) is 7.87. The predicted molar refractivity (Wildman–Crippen MR) is 93.0 cm³/mol. The first-order valence-electron chi connectivity index (χ1n) is 7.93. The quantitative estimate of drug-likeness (QED) is 0.673. The van der Waals surface area contributed by atoms with E-state index in [2.05, 4.69) is 37.5 Å². The molecule has 3 N–H and O–H groups in total. The zero-order valence-corrected chi connectivity index (χ0v) is 14.2. The Morgan fingerprint density at radius 2 is 1.91 bits per heavy atom. The Hall–Kier alpha value is -2.22. The van der Waals surface area contributed by atoms with Gasteiger partial charge < -0.3 is 20.6 Å². The van der Waals surface area contributed by atoms with E-state index in [4.69, 9.17) is 0 Å². The van der Waals surface area contributed by atoms with E-state index in [1.54, 1.807) is 6.20 Å². The van der Waals surface area contributed by atoms with Crippen molar-refractivity contribution in [2.75, 3.05) is 42.7 Å². The number of aliphatic hydroxyl groups is 1. The van der Waals surface area contributed by atoms with Crippen molar-refractivity contribution in [3.63, 3.8) is 0 Å². The van der Waals surface area contributed by atoms with Crippen LogP contribution in [-0.4, -0.2) is 58.3 Å². The van der Waals surface area contributed by atoms with Gasteiger partial charge in [0.25, 0.3) is 0 Å². The third kappa shape index (κ3) is 4.38. The molecule has 0 aliphatic heterocycles. The van der Waals surface area contributed by atoms with Gasteiger partial charge in [-0.1, -0.05) is 13.8 Å². The van der Waals surface area contributed by atoms with Crippen LogP contribution in [0.3, 0.4) is 0 Å². The number of rotatable bonds is 8. The number of hydrogen-bond donors (Lipinski definition) is 3. The molecular formula is C15H25N7O. The van der Waals surface area contributed by atoms with Crippen LogP contribution in [0, 0.1) is 0 Å². The topological polar surface area (TPSA) is 99.1 Å². The van der Waals surface area contributed by atoms with Crippen LogP contribution in [-0.2, 0) is 0 Å². The third-order valence-corrected chi connectivity index (χ3v) is 3.34. The third-order valence-electron chi connectivity index (χ3n) is 3.34. The molecule has 0 aliphatic rings. The summed E-state index contributed by atoms with van der Waals surface area (Å²) in [5.41, 5.74) is 1.37. The standard InChI is InChI=1S/C15H25N7O/c1-5-7-16-15-19-11-9-18-14(17-8-10(23)6-2)20-12(11)13(21-15)22(3)4/h9-10,23H,5-8H2,1-4H3,(H,16,19,21)(H,17,18,20).